The van der Waals surface area contributed by atoms with E-state index in [1.165, 1.54) is 7.11 Å². The van der Waals surface area contributed by atoms with Gasteiger partial charge >= 0.3 is 0 Å². The second-order valence-electron chi connectivity index (χ2n) is 3.84. The summed E-state index contributed by atoms with van der Waals surface area (Å²) in [5.41, 5.74) is 0.999. The van der Waals surface area contributed by atoms with Gasteiger partial charge in [-0.2, -0.15) is 0 Å². The minimum atomic E-state index is -0.141. The van der Waals surface area contributed by atoms with E-state index in [0.29, 0.717) is 26.9 Å². The van der Waals surface area contributed by atoms with Crippen molar-refractivity contribution in [3.63, 3.8) is 0 Å². The van der Waals surface area contributed by atoms with Crippen molar-refractivity contribution in [1.82, 2.24) is 0 Å². The summed E-state index contributed by atoms with van der Waals surface area (Å²) in [6.07, 6.45) is 0. The van der Waals surface area contributed by atoms with E-state index in [0.717, 1.165) is 4.47 Å². The first kappa shape index (κ1) is 14.4. The van der Waals surface area contributed by atoms with Crippen molar-refractivity contribution in [3.8, 4) is 5.75 Å². The zero-order valence-electron chi connectivity index (χ0n) is 9.91. The zero-order valence-corrected chi connectivity index (χ0v) is 13.0. The van der Waals surface area contributed by atoms with Crippen LogP contribution in [0.25, 0.3) is 0 Å². The van der Waals surface area contributed by atoms with Crippen molar-refractivity contribution in [2.24, 2.45) is 0 Å². The van der Waals surface area contributed by atoms with Crippen LogP contribution in [0.2, 0.25) is 10.0 Å². The molecule has 2 aromatic carbocycles. The Labute approximate surface area is 129 Å². The maximum atomic E-state index is 12.4. The van der Waals surface area contributed by atoms with Gasteiger partial charge in [-0.1, -0.05) is 39.1 Å². The molecular formula is C14H9BrCl2O2. The molecule has 2 rings (SSSR count). The molecule has 0 N–H and O–H groups in total. The summed E-state index contributed by atoms with van der Waals surface area (Å²) >= 11 is 15.2. The first-order valence-corrected chi connectivity index (χ1v) is 6.90. The van der Waals surface area contributed by atoms with Crippen LogP contribution in [0, 0.1) is 0 Å². The Hall–Kier alpha value is -1.03. The molecular weight excluding hydrogens is 351 g/mol. The van der Waals surface area contributed by atoms with Crippen molar-refractivity contribution in [2.75, 3.05) is 7.11 Å². The summed E-state index contributed by atoms with van der Waals surface area (Å²) in [4.78, 5) is 12.4. The molecule has 0 radical (unpaired) electrons. The highest BCUT2D eigenvalue weighted by atomic mass is 79.9. The molecule has 0 saturated heterocycles. The number of rotatable bonds is 3. The predicted molar refractivity (Wildman–Crippen MR) is 80.6 cm³/mol. The summed E-state index contributed by atoms with van der Waals surface area (Å²) in [5, 5.41) is 0.963. The number of ether oxygens (including phenoxy) is 1. The van der Waals surface area contributed by atoms with E-state index < -0.39 is 0 Å². The highest BCUT2D eigenvalue weighted by molar-refractivity contribution is 9.10. The summed E-state index contributed by atoms with van der Waals surface area (Å²) in [7, 11) is 1.51. The molecule has 0 bridgehead atoms. The Morgan fingerprint density at radius 2 is 1.84 bits per heavy atom. The minimum Gasteiger partial charge on any atom is -0.495 e. The summed E-state index contributed by atoms with van der Waals surface area (Å²) in [6.45, 7) is 0. The standard InChI is InChI=1S/C14H9BrCl2O2/c1-19-13-6-8(2-3-12(13)17)14(18)9-4-10(15)7-11(16)5-9/h2-7H,1H3. The lowest BCUT2D eigenvalue weighted by molar-refractivity contribution is 0.103. The summed E-state index contributed by atoms with van der Waals surface area (Å²) in [5.74, 6) is 0.326. The first-order valence-electron chi connectivity index (χ1n) is 5.35. The molecule has 2 aromatic rings. The normalized spacial score (nSPS) is 10.3. The molecule has 0 unspecified atom stereocenters. The second kappa shape index (κ2) is 5.95. The van der Waals surface area contributed by atoms with Crippen molar-refractivity contribution < 1.29 is 9.53 Å². The average molecular weight is 360 g/mol. The lowest BCUT2D eigenvalue weighted by atomic mass is 10.0. The molecule has 5 heteroatoms. The zero-order chi connectivity index (χ0) is 14.0. The molecule has 0 spiro atoms. The van der Waals surface area contributed by atoms with E-state index in [4.69, 9.17) is 27.9 Å². The highest BCUT2D eigenvalue weighted by Gasteiger charge is 2.13. The number of ketones is 1. The van der Waals surface area contributed by atoms with E-state index in [1.807, 2.05) is 0 Å². The molecule has 0 aromatic heterocycles. The number of hydrogen-bond acceptors (Lipinski definition) is 2. The van der Waals surface area contributed by atoms with Crippen LogP contribution >= 0.6 is 39.1 Å². The smallest absolute Gasteiger partial charge is 0.193 e. The molecule has 19 heavy (non-hydrogen) atoms. The van der Waals surface area contributed by atoms with Crippen molar-refractivity contribution >= 4 is 44.9 Å². The fourth-order valence-electron chi connectivity index (χ4n) is 1.65. The molecule has 0 fully saturated rings. The van der Waals surface area contributed by atoms with Gasteiger partial charge in [-0.15, -0.1) is 0 Å². The van der Waals surface area contributed by atoms with Gasteiger partial charge in [0.2, 0.25) is 0 Å². The number of hydrogen-bond donors (Lipinski definition) is 0. The van der Waals surface area contributed by atoms with Gasteiger partial charge in [-0.05, 0) is 36.4 Å². The number of benzene rings is 2. The molecule has 0 aliphatic rings. The lowest BCUT2D eigenvalue weighted by Crippen LogP contribution is -2.02. The fraction of sp³-hybridized carbons (Fsp3) is 0.0714. The van der Waals surface area contributed by atoms with Gasteiger partial charge in [0.1, 0.15) is 5.75 Å². The Kier molecular flexibility index (Phi) is 4.50. The van der Waals surface area contributed by atoms with Gasteiger partial charge in [0, 0.05) is 20.6 Å². The van der Waals surface area contributed by atoms with Crippen LogP contribution in [-0.4, -0.2) is 12.9 Å². The summed E-state index contributed by atoms with van der Waals surface area (Å²) < 4.78 is 5.85. The van der Waals surface area contributed by atoms with Crippen molar-refractivity contribution in [1.29, 1.82) is 0 Å². The molecule has 0 amide bonds. The highest BCUT2D eigenvalue weighted by Crippen LogP contribution is 2.27. The largest absolute Gasteiger partial charge is 0.495 e. The molecule has 0 aliphatic heterocycles. The minimum absolute atomic E-state index is 0.141. The van der Waals surface area contributed by atoms with Crippen LogP contribution in [0.3, 0.4) is 0 Å². The van der Waals surface area contributed by atoms with Gasteiger partial charge in [-0.3, -0.25) is 4.79 Å². The molecule has 2 nitrogen and oxygen atoms in total. The quantitative estimate of drug-likeness (QED) is 0.721. The maximum Gasteiger partial charge on any atom is 0.193 e. The van der Waals surface area contributed by atoms with Gasteiger partial charge in [0.15, 0.2) is 5.78 Å². The van der Waals surface area contributed by atoms with E-state index >= 15 is 0 Å². The lowest BCUT2D eigenvalue weighted by Gasteiger charge is -2.07. The Bertz CT molecular complexity index is 621. The van der Waals surface area contributed by atoms with Gasteiger partial charge < -0.3 is 4.74 Å². The van der Waals surface area contributed by atoms with Crippen molar-refractivity contribution in [3.05, 3.63) is 62.0 Å². The van der Waals surface area contributed by atoms with Crippen LogP contribution in [0.4, 0.5) is 0 Å². The van der Waals surface area contributed by atoms with E-state index in [-0.39, 0.29) is 5.78 Å². The molecule has 0 atom stereocenters. The van der Waals surface area contributed by atoms with Crippen molar-refractivity contribution in [2.45, 2.75) is 0 Å². The van der Waals surface area contributed by atoms with Crippen LogP contribution < -0.4 is 4.74 Å². The number of methoxy groups -OCH3 is 1. The van der Waals surface area contributed by atoms with Gasteiger partial charge in [-0.25, -0.2) is 0 Å². The van der Waals surface area contributed by atoms with Crippen LogP contribution in [0.1, 0.15) is 15.9 Å². The van der Waals surface area contributed by atoms with Crippen LogP contribution in [0.15, 0.2) is 40.9 Å². The average Bonchev–Trinajstić information content (AvgIpc) is 2.37. The Morgan fingerprint density at radius 3 is 2.47 bits per heavy atom. The third-order valence-electron chi connectivity index (χ3n) is 2.54. The first-order chi connectivity index (χ1) is 9.01. The third-order valence-corrected chi connectivity index (χ3v) is 3.53. The second-order valence-corrected chi connectivity index (χ2v) is 5.60. The van der Waals surface area contributed by atoms with Crippen LogP contribution in [-0.2, 0) is 0 Å². The molecule has 0 saturated carbocycles. The Balaban J connectivity index is 2.43. The van der Waals surface area contributed by atoms with Gasteiger partial charge in [0.05, 0.1) is 12.1 Å². The Morgan fingerprint density at radius 1 is 1.11 bits per heavy atom. The summed E-state index contributed by atoms with van der Waals surface area (Å²) in [6, 6.07) is 9.96. The predicted octanol–water partition coefficient (Wildman–Crippen LogP) is 5.00. The monoisotopic (exact) mass is 358 g/mol. The van der Waals surface area contributed by atoms with E-state index in [2.05, 4.69) is 15.9 Å². The van der Waals surface area contributed by atoms with Gasteiger partial charge in [0.25, 0.3) is 0 Å². The van der Waals surface area contributed by atoms with E-state index in [1.54, 1.807) is 36.4 Å². The number of carbonyl (C=O) groups excluding carboxylic acids is 1. The molecule has 98 valence electrons. The van der Waals surface area contributed by atoms with E-state index in [9.17, 15) is 4.79 Å². The number of halogens is 3. The number of carbonyl (C=O) groups is 1. The van der Waals surface area contributed by atoms with Crippen LogP contribution in [0.5, 0.6) is 5.75 Å². The molecule has 0 aliphatic carbocycles. The fourth-order valence-corrected chi connectivity index (χ4v) is 2.71. The topological polar surface area (TPSA) is 26.3 Å². The SMILES string of the molecule is COc1cc(C(=O)c2cc(Cl)cc(Br)c2)ccc1Cl. The third kappa shape index (κ3) is 3.30. The molecule has 0 heterocycles. The maximum absolute atomic E-state index is 12.4.